The number of nitrogens with zero attached hydrogens (tertiary/aromatic N) is 1. The Morgan fingerprint density at radius 2 is 2.27 bits per heavy atom. The monoisotopic (exact) mass is 167 g/mol. The topological polar surface area (TPSA) is 28.4 Å². The molecule has 0 saturated carbocycles. The Morgan fingerprint density at radius 3 is 2.91 bits per heavy atom. The van der Waals surface area contributed by atoms with Crippen LogP contribution in [-0.4, -0.2) is 0 Å². The molecule has 0 aliphatic heterocycles. The maximum Gasteiger partial charge on any atom is 0.0614 e. The van der Waals surface area contributed by atoms with Crippen LogP contribution in [0.3, 0.4) is 0 Å². The molecule has 0 radical (unpaired) electrons. The number of anilines is 1. The summed E-state index contributed by atoms with van der Waals surface area (Å²) in [4.78, 5) is 2.91. The van der Waals surface area contributed by atoms with Gasteiger partial charge in [-0.1, -0.05) is 17.7 Å². The summed E-state index contributed by atoms with van der Waals surface area (Å²) in [5.74, 6) is 0. The van der Waals surface area contributed by atoms with Crippen LogP contribution in [0.1, 0.15) is 0 Å². The van der Waals surface area contributed by atoms with Crippen LogP contribution in [0.2, 0.25) is 5.02 Å². The molecule has 0 amide bonds. The van der Waals surface area contributed by atoms with Crippen LogP contribution in [0.15, 0.2) is 24.3 Å². The Bertz CT molecular complexity index is 279. The molecule has 0 spiro atoms. The van der Waals surface area contributed by atoms with Crippen molar-refractivity contribution in [3.8, 4) is 0 Å². The number of benzene rings is 1. The molecule has 0 aromatic heterocycles. The Hall–Kier alpha value is -1.40. The Kier molecular flexibility index (Phi) is 2.59. The summed E-state index contributed by atoms with van der Waals surface area (Å²) in [6.45, 7) is 6.42. The Labute approximate surface area is 69.7 Å². The summed E-state index contributed by atoms with van der Waals surface area (Å²) in [7, 11) is 0. The van der Waals surface area contributed by atoms with E-state index in [-0.39, 0.29) is 0 Å². The van der Waals surface area contributed by atoms with Crippen LogP contribution in [0.25, 0.3) is 4.95 Å². The van der Waals surface area contributed by atoms with Crippen LogP contribution in [0, 0.1) is 6.57 Å². The summed E-state index contributed by atoms with van der Waals surface area (Å²) in [5, 5.41) is 0.641. The molecule has 1 rings (SSSR count). The van der Waals surface area contributed by atoms with Gasteiger partial charge in [0.1, 0.15) is 0 Å². The van der Waals surface area contributed by atoms with Gasteiger partial charge in [-0.15, -0.1) is 4.95 Å². The third-order valence-corrected chi connectivity index (χ3v) is 1.32. The van der Waals surface area contributed by atoms with E-state index in [4.69, 9.17) is 18.2 Å². The van der Waals surface area contributed by atoms with Gasteiger partial charge in [0, 0.05) is 5.02 Å². The molecule has 0 bridgehead atoms. The summed E-state index contributed by atoms with van der Waals surface area (Å²) in [6.07, 6.45) is 0. The van der Waals surface area contributed by atoms with Crippen molar-refractivity contribution in [2.24, 2.45) is 0 Å². The van der Waals surface area contributed by atoms with Crippen molar-refractivity contribution in [1.29, 1.82) is 0 Å². The molecule has 0 aliphatic carbocycles. The molecular formula is C7H6ClN3. The van der Waals surface area contributed by atoms with Crippen molar-refractivity contribution in [3.05, 3.63) is 40.8 Å². The van der Waals surface area contributed by atoms with Crippen LogP contribution >= 0.6 is 11.6 Å². The number of hydrogen-bond acceptors (Lipinski definition) is 2. The summed E-state index contributed by atoms with van der Waals surface area (Å²) < 4.78 is 0. The summed E-state index contributed by atoms with van der Waals surface area (Å²) in [6, 6.07) is 7.10. The van der Waals surface area contributed by atoms with Crippen molar-refractivity contribution in [2.45, 2.75) is 0 Å². The molecule has 11 heavy (non-hydrogen) atoms. The molecule has 0 fully saturated rings. The van der Waals surface area contributed by atoms with Gasteiger partial charge in [-0.2, -0.15) is 6.57 Å². The maximum absolute atomic E-state index is 6.42. The highest BCUT2D eigenvalue weighted by molar-refractivity contribution is 6.30. The van der Waals surface area contributed by atoms with E-state index in [1.54, 1.807) is 18.2 Å². The average molecular weight is 168 g/mol. The molecule has 3 nitrogen and oxygen atoms in total. The Balaban J connectivity index is 2.65. The second-order valence-electron chi connectivity index (χ2n) is 1.86. The predicted octanol–water partition coefficient (Wildman–Crippen LogP) is 2.09. The minimum atomic E-state index is 0.641. The predicted molar refractivity (Wildman–Crippen MR) is 44.8 cm³/mol. The van der Waals surface area contributed by atoms with Gasteiger partial charge in [-0.25, -0.2) is 5.43 Å². The van der Waals surface area contributed by atoms with Crippen LogP contribution in [-0.2, 0) is 0 Å². The molecule has 0 heterocycles. The number of nitrogens with one attached hydrogen (secondary N) is 2. The maximum atomic E-state index is 6.42. The molecular weight excluding hydrogens is 162 g/mol. The van der Waals surface area contributed by atoms with Crippen molar-refractivity contribution in [3.63, 3.8) is 0 Å². The smallest absolute Gasteiger partial charge is 0.0614 e. The second-order valence-corrected chi connectivity index (χ2v) is 2.30. The van der Waals surface area contributed by atoms with E-state index in [0.29, 0.717) is 5.02 Å². The number of hydrogen-bond donors (Lipinski definition) is 2. The highest BCUT2D eigenvalue weighted by atomic mass is 35.5. The minimum absolute atomic E-state index is 0.641. The van der Waals surface area contributed by atoms with Crippen LogP contribution in [0.4, 0.5) is 5.69 Å². The average Bonchev–Trinajstić information content (AvgIpc) is 2.01. The first kappa shape index (κ1) is 7.70. The standard InChI is InChI=1S/C7H6ClN3/c1-9-11-10-7-4-2-3-6(8)5-7/h2-5,10-11H. The van der Waals surface area contributed by atoms with Gasteiger partial charge < -0.3 is 0 Å². The molecule has 4 heteroatoms. The van der Waals surface area contributed by atoms with E-state index in [9.17, 15) is 0 Å². The highest BCUT2D eigenvalue weighted by Gasteiger charge is 1.90. The highest BCUT2D eigenvalue weighted by Crippen LogP contribution is 2.13. The largest absolute Gasteiger partial charge is 0.242 e. The van der Waals surface area contributed by atoms with Crippen LogP contribution in [0.5, 0.6) is 0 Å². The number of hydrazine groups is 1. The normalized spacial score (nSPS) is 8.36. The number of rotatable bonds is 2. The van der Waals surface area contributed by atoms with Gasteiger partial charge in [-0.05, 0) is 23.7 Å². The van der Waals surface area contributed by atoms with Gasteiger partial charge in [-0.3, -0.25) is 0 Å². The fourth-order valence-corrected chi connectivity index (χ4v) is 0.849. The molecule has 2 N–H and O–H groups in total. The number of halogens is 1. The molecule has 1 aromatic rings. The second kappa shape index (κ2) is 3.69. The fraction of sp³-hybridized carbons (Fsp3) is 0. The first-order valence-electron chi connectivity index (χ1n) is 2.96. The van der Waals surface area contributed by atoms with Gasteiger partial charge in [0.25, 0.3) is 0 Å². The SMILES string of the molecule is [C-]#[N+]NNc1cccc(Cl)c1. The third-order valence-electron chi connectivity index (χ3n) is 1.08. The molecule has 0 unspecified atom stereocenters. The zero-order chi connectivity index (χ0) is 8.10. The van der Waals surface area contributed by atoms with E-state index in [0.717, 1.165) is 5.69 Å². The fourth-order valence-electron chi connectivity index (χ4n) is 0.659. The molecule has 0 saturated heterocycles. The molecule has 1 aromatic carbocycles. The first-order chi connectivity index (χ1) is 5.33. The van der Waals surface area contributed by atoms with Gasteiger partial charge in [0.15, 0.2) is 0 Å². The van der Waals surface area contributed by atoms with Gasteiger partial charge in [0.2, 0.25) is 0 Å². The van der Waals surface area contributed by atoms with E-state index in [1.807, 2.05) is 6.07 Å². The Morgan fingerprint density at radius 1 is 1.45 bits per heavy atom. The van der Waals surface area contributed by atoms with Crippen molar-refractivity contribution < 1.29 is 0 Å². The lowest BCUT2D eigenvalue weighted by atomic mass is 10.3. The summed E-state index contributed by atoms with van der Waals surface area (Å²) in [5.41, 5.74) is 5.69. The van der Waals surface area contributed by atoms with E-state index in [1.165, 1.54) is 0 Å². The lowest BCUT2D eigenvalue weighted by molar-refractivity contribution is 1.05. The molecule has 0 atom stereocenters. The van der Waals surface area contributed by atoms with Crippen molar-refractivity contribution in [2.75, 3.05) is 5.43 Å². The van der Waals surface area contributed by atoms with E-state index >= 15 is 0 Å². The molecule has 56 valence electrons. The zero-order valence-corrected chi connectivity index (χ0v) is 6.39. The van der Waals surface area contributed by atoms with Crippen LogP contribution < -0.4 is 11.0 Å². The third kappa shape index (κ3) is 2.36. The lowest BCUT2D eigenvalue weighted by Gasteiger charge is -1.98. The van der Waals surface area contributed by atoms with Gasteiger partial charge in [0.05, 0.1) is 5.69 Å². The minimum Gasteiger partial charge on any atom is -0.242 e. The summed E-state index contributed by atoms with van der Waals surface area (Å²) >= 11 is 5.68. The zero-order valence-electron chi connectivity index (χ0n) is 5.63. The van der Waals surface area contributed by atoms with E-state index < -0.39 is 0 Å². The van der Waals surface area contributed by atoms with Crippen molar-refractivity contribution >= 4 is 17.3 Å². The quantitative estimate of drug-likeness (QED) is 0.522. The first-order valence-corrected chi connectivity index (χ1v) is 3.34. The van der Waals surface area contributed by atoms with Crippen molar-refractivity contribution in [1.82, 2.24) is 5.53 Å². The van der Waals surface area contributed by atoms with E-state index in [2.05, 4.69) is 15.9 Å². The molecule has 0 aliphatic rings. The van der Waals surface area contributed by atoms with Gasteiger partial charge >= 0.3 is 0 Å². The lowest BCUT2D eigenvalue weighted by Crippen LogP contribution is -2.11.